The summed E-state index contributed by atoms with van der Waals surface area (Å²) in [5.41, 5.74) is -1.33. The van der Waals surface area contributed by atoms with Gasteiger partial charge in [0.1, 0.15) is 11.1 Å². The maximum atomic E-state index is 12.1. The smallest absolute Gasteiger partial charge is 0.410 e. The van der Waals surface area contributed by atoms with Gasteiger partial charge in [-0.15, -0.1) is 0 Å². The highest BCUT2D eigenvalue weighted by Gasteiger charge is 2.47. The van der Waals surface area contributed by atoms with Crippen molar-refractivity contribution in [1.29, 1.82) is 0 Å². The Labute approximate surface area is 132 Å². The van der Waals surface area contributed by atoms with Gasteiger partial charge in [-0.2, -0.15) is 0 Å². The normalized spacial score (nSPS) is 23.1. The number of aliphatic carboxylic acids is 1. The molecule has 0 atom stereocenters. The van der Waals surface area contributed by atoms with Crippen LogP contribution in [-0.2, 0) is 9.53 Å². The number of nitrogens with zero attached hydrogens (tertiary/aromatic N) is 2. The highest BCUT2D eigenvalue weighted by Crippen LogP contribution is 2.32. The SMILES string of the molecule is CC(C)(C)OC(=O)N1CCC(C(=O)O)(N2CCCCC2)CC1. The summed E-state index contributed by atoms with van der Waals surface area (Å²) in [6, 6.07) is 0. The van der Waals surface area contributed by atoms with Crippen molar-refractivity contribution in [1.82, 2.24) is 9.80 Å². The number of carboxylic acid groups (broad SMARTS) is 1. The highest BCUT2D eigenvalue weighted by molar-refractivity contribution is 5.79. The fraction of sp³-hybridized carbons (Fsp3) is 0.875. The van der Waals surface area contributed by atoms with Gasteiger partial charge in [0.05, 0.1) is 0 Å². The van der Waals surface area contributed by atoms with Crippen LogP contribution in [0.1, 0.15) is 52.9 Å². The maximum absolute atomic E-state index is 12.1. The molecule has 0 aromatic heterocycles. The first kappa shape index (κ1) is 17.1. The molecule has 2 saturated heterocycles. The van der Waals surface area contributed by atoms with Crippen LogP contribution in [-0.4, -0.2) is 64.3 Å². The third kappa shape index (κ3) is 3.72. The van der Waals surface area contributed by atoms with E-state index in [1.165, 1.54) is 6.42 Å². The largest absolute Gasteiger partial charge is 0.480 e. The number of rotatable bonds is 2. The fourth-order valence-electron chi connectivity index (χ4n) is 3.37. The molecule has 0 radical (unpaired) electrons. The fourth-order valence-corrected chi connectivity index (χ4v) is 3.37. The van der Waals surface area contributed by atoms with Gasteiger partial charge in [0.15, 0.2) is 0 Å². The zero-order valence-corrected chi connectivity index (χ0v) is 13.9. The molecule has 1 amide bonds. The second-order valence-corrected chi connectivity index (χ2v) is 7.35. The zero-order chi connectivity index (χ0) is 16.4. The number of piperidine rings is 2. The van der Waals surface area contributed by atoms with Crippen LogP contribution in [0.2, 0.25) is 0 Å². The van der Waals surface area contributed by atoms with Gasteiger partial charge in [0.2, 0.25) is 0 Å². The van der Waals surface area contributed by atoms with E-state index in [-0.39, 0.29) is 6.09 Å². The summed E-state index contributed by atoms with van der Waals surface area (Å²) in [6.45, 7) is 8.09. The quantitative estimate of drug-likeness (QED) is 0.847. The lowest BCUT2D eigenvalue weighted by molar-refractivity contribution is -0.156. The van der Waals surface area contributed by atoms with Crippen LogP contribution in [0.4, 0.5) is 4.79 Å². The lowest BCUT2D eigenvalue weighted by Gasteiger charge is -2.47. The number of hydrogen-bond acceptors (Lipinski definition) is 4. The average molecular weight is 312 g/mol. The van der Waals surface area contributed by atoms with Crippen molar-refractivity contribution in [2.24, 2.45) is 0 Å². The van der Waals surface area contributed by atoms with Crippen molar-refractivity contribution in [3.63, 3.8) is 0 Å². The summed E-state index contributed by atoms with van der Waals surface area (Å²) in [5, 5.41) is 9.78. The zero-order valence-electron chi connectivity index (χ0n) is 13.9. The standard InChI is InChI=1S/C16H28N2O4/c1-15(2,3)22-14(21)17-11-7-16(8-12-17,13(19)20)18-9-5-4-6-10-18/h4-12H2,1-3H3,(H,19,20). The van der Waals surface area contributed by atoms with Crippen molar-refractivity contribution >= 4 is 12.1 Å². The van der Waals surface area contributed by atoms with E-state index in [0.717, 1.165) is 25.9 Å². The molecule has 2 aliphatic rings. The molecule has 2 rings (SSSR count). The van der Waals surface area contributed by atoms with Gasteiger partial charge in [0.25, 0.3) is 0 Å². The van der Waals surface area contributed by atoms with Crippen LogP contribution < -0.4 is 0 Å². The molecule has 0 aliphatic carbocycles. The summed E-state index contributed by atoms with van der Waals surface area (Å²) >= 11 is 0. The first-order valence-corrected chi connectivity index (χ1v) is 8.21. The van der Waals surface area contributed by atoms with Crippen LogP contribution in [0.5, 0.6) is 0 Å². The van der Waals surface area contributed by atoms with Crippen molar-refractivity contribution < 1.29 is 19.4 Å². The second kappa shape index (κ2) is 6.44. The van der Waals surface area contributed by atoms with Crippen LogP contribution in [0, 0.1) is 0 Å². The minimum atomic E-state index is -0.807. The molecule has 2 aliphatic heterocycles. The van der Waals surface area contributed by atoms with Crippen molar-refractivity contribution in [2.75, 3.05) is 26.2 Å². The first-order chi connectivity index (χ1) is 10.2. The molecule has 0 aromatic rings. The topological polar surface area (TPSA) is 70.1 Å². The Morgan fingerprint density at radius 3 is 2.00 bits per heavy atom. The minimum Gasteiger partial charge on any atom is -0.480 e. The minimum absolute atomic E-state index is 0.342. The van der Waals surface area contributed by atoms with Crippen LogP contribution in [0.15, 0.2) is 0 Å². The van der Waals surface area contributed by atoms with Crippen molar-refractivity contribution in [3.8, 4) is 0 Å². The molecule has 2 fully saturated rings. The third-order valence-electron chi connectivity index (χ3n) is 4.60. The molecule has 126 valence electrons. The number of carbonyl (C=O) groups is 2. The summed E-state index contributed by atoms with van der Waals surface area (Å²) in [6.07, 6.45) is 3.90. The molecule has 22 heavy (non-hydrogen) atoms. The average Bonchev–Trinajstić information content (AvgIpc) is 2.46. The molecule has 6 nitrogen and oxygen atoms in total. The molecular weight excluding hydrogens is 284 g/mol. The predicted octanol–water partition coefficient (Wildman–Crippen LogP) is 2.33. The number of amides is 1. The molecule has 1 N–H and O–H groups in total. The van der Waals surface area contributed by atoms with Crippen LogP contribution in [0.25, 0.3) is 0 Å². The Kier molecular flexibility index (Phi) is 5.00. The Morgan fingerprint density at radius 2 is 1.55 bits per heavy atom. The number of hydrogen-bond donors (Lipinski definition) is 1. The number of carbonyl (C=O) groups excluding carboxylic acids is 1. The van der Waals surface area contributed by atoms with Gasteiger partial charge in [-0.05, 0) is 59.5 Å². The summed E-state index contributed by atoms with van der Waals surface area (Å²) < 4.78 is 5.38. The first-order valence-electron chi connectivity index (χ1n) is 8.21. The van der Waals surface area contributed by atoms with Gasteiger partial charge >= 0.3 is 12.1 Å². The number of carboxylic acids is 1. The molecule has 0 spiro atoms. The van der Waals surface area contributed by atoms with E-state index in [1.807, 2.05) is 20.8 Å². The van der Waals surface area contributed by atoms with Crippen molar-refractivity contribution in [2.45, 2.75) is 64.0 Å². The highest BCUT2D eigenvalue weighted by atomic mass is 16.6. The van der Waals surface area contributed by atoms with E-state index in [4.69, 9.17) is 4.74 Å². The summed E-state index contributed by atoms with van der Waals surface area (Å²) in [5.74, 6) is -0.752. The third-order valence-corrected chi connectivity index (χ3v) is 4.60. The lowest BCUT2D eigenvalue weighted by atomic mass is 9.84. The Bertz CT molecular complexity index is 416. The van der Waals surface area contributed by atoms with Gasteiger partial charge in [-0.25, -0.2) is 4.79 Å². The molecule has 0 unspecified atom stereocenters. The van der Waals surface area contributed by atoms with E-state index in [2.05, 4.69) is 4.90 Å². The predicted molar refractivity (Wildman–Crippen MR) is 82.8 cm³/mol. The van der Waals surface area contributed by atoms with E-state index >= 15 is 0 Å². The Balaban J connectivity index is 2.01. The lowest BCUT2D eigenvalue weighted by Crippen LogP contribution is -2.62. The van der Waals surface area contributed by atoms with Crippen molar-refractivity contribution in [3.05, 3.63) is 0 Å². The van der Waals surface area contributed by atoms with Gasteiger partial charge in [0, 0.05) is 13.1 Å². The molecular formula is C16H28N2O4. The van der Waals surface area contributed by atoms with E-state index in [0.29, 0.717) is 25.9 Å². The van der Waals surface area contributed by atoms with Gasteiger partial charge < -0.3 is 14.7 Å². The molecule has 6 heteroatoms. The van der Waals surface area contributed by atoms with E-state index in [1.54, 1.807) is 4.90 Å². The summed E-state index contributed by atoms with van der Waals surface area (Å²) in [7, 11) is 0. The molecule has 0 bridgehead atoms. The van der Waals surface area contributed by atoms with Gasteiger partial charge in [-0.3, -0.25) is 9.69 Å². The monoisotopic (exact) mass is 312 g/mol. The maximum Gasteiger partial charge on any atom is 0.410 e. The molecule has 2 heterocycles. The number of likely N-dealkylation sites (tertiary alicyclic amines) is 2. The molecule has 0 saturated carbocycles. The Morgan fingerprint density at radius 1 is 1.00 bits per heavy atom. The number of ether oxygens (including phenoxy) is 1. The van der Waals surface area contributed by atoms with E-state index < -0.39 is 17.1 Å². The van der Waals surface area contributed by atoms with Gasteiger partial charge in [-0.1, -0.05) is 6.42 Å². The van der Waals surface area contributed by atoms with Crippen LogP contribution in [0.3, 0.4) is 0 Å². The Hall–Kier alpha value is -1.30. The second-order valence-electron chi connectivity index (χ2n) is 7.35. The van der Waals surface area contributed by atoms with E-state index in [9.17, 15) is 14.7 Å². The summed E-state index contributed by atoms with van der Waals surface area (Å²) in [4.78, 5) is 27.8. The molecule has 0 aromatic carbocycles. The van der Waals surface area contributed by atoms with Crippen LogP contribution >= 0.6 is 0 Å².